The Bertz CT molecular complexity index is 607. The Labute approximate surface area is 131 Å². The Kier molecular flexibility index (Phi) is 5.45. The molecular formula is C18H21NOS. The van der Waals surface area contributed by atoms with Crippen molar-refractivity contribution in [3.8, 4) is 0 Å². The van der Waals surface area contributed by atoms with Crippen LogP contribution in [0.25, 0.3) is 0 Å². The van der Waals surface area contributed by atoms with Gasteiger partial charge < -0.3 is 5.32 Å². The smallest absolute Gasteiger partial charge is 0.252 e. The number of carbonyl (C=O) groups is 1. The third-order valence-corrected chi connectivity index (χ3v) is 4.38. The van der Waals surface area contributed by atoms with Gasteiger partial charge in [-0.3, -0.25) is 4.79 Å². The van der Waals surface area contributed by atoms with Crippen molar-refractivity contribution in [1.29, 1.82) is 0 Å². The summed E-state index contributed by atoms with van der Waals surface area (Å²) in [6, 6.07) is 16.1. The van der Waals surface area contributed by atoms with E-state index in [0.29, 0.717) is 0 Å². The van der Waals surface area contributed by atoms with Crippen LogP contribution in [0.1, 0.15) is 41.4 Å². The maximum absolute atomic E-state index is 12.4. The molecule has 1 N–H and O–H groups in total. The molecule has 110 valence electrons. The lowest BCUT2D eigenvalue weighted by Gasteiger charge is -2.16. The zero-order valence-corrected chi connectivity index (χ0v) is 13.5. The van der Waals surface area contributed by atoms with E-state index in [2.05, 4.69) is 36.5 Å². The van der Waals surface area contributed by atoms with Gasteiger partial charge in [-0.25, -0.2) is 0 Å². The minimum Gasteiger partial charge on any atom is -0.345 e. The number of aryl methyl sites for hydroxylation is 1. The van der Waals surface area contributed by atoms with Gasteiger partial charge in [0.05, 0.1) is 11.6 Å². The molecule has 0 heterocycles. The Balaban J connectivity index is 2.11. The SMILES string of the molecule is CCc1ccc([C@H](C)NC(=O)c2ccccc2SC)cc1. The van der Waals surface area contributed by atoms with Crippen molar-refractivity contribution in [3.05, 3.63) is 65.2 Å². The Morgan fingerprint density at radius 3 is 2.43 bits per heavy atom. The van der Waals surface area contributed by atoms with E-state index in [1.165, 1.54) is 5.56 Å². The fourth-order valence-corrected chi connectivity index (χ4v) is 2.83. The van der Waals surface area contributed by atoms with E-state index >= 15 is 0 Å². The van der Waals surface area contributed by atoms with Crippen molar-refractivity contribution in [2.75, 3.05) is 6.26 Å². The molecule has 0 saturated heterocycles. The number of benzene rings is 2. The predicted molar refractivity (Wildman–Crippen MR) is 89.9 cm³/mol. The second-order valence-corrected chi connectivity index (χ2v) is 5.84. The summed E-state index contributed by atoms with van der Waals surface area (Å²) in [5.74, 6) is -0.0213. The number of amides is 1. The highest BCUT2D eigenvalue weighted by Crippen LogP contribution is 2.21. The van der Waals surface area contributed by atoms with E-state index in [1.807, 2.05) is 37.4 Å². The van der Waals surface area contributed by atoms with Crippen LogP contribution in [-0.4, -0.2) is 12.2 Å². The minimum atomic E-state index is -0.0213. The highest BCUT2D eigenvalue weighted by atomic mass is 32.2. The highest BCUT2D eigenvalue weighted by molar-refractivity contribution is 7.98. The van der Waals surface area contributed by atoms with Gasteiger partial charge in [0.15, 0.2) is 0 Å². The molecule has 2 nitrogen and oxygen atoms in total. The van der Waals surface area contributed by atoms with E-state index in [4.69, 9.17) is 0 Å². The Morgan fingerprint density at radius 2 is 1.81 bits per heavy atom. The van der Waals surface area contributed by atoms with E-state index < -0.39 is 0 Å². The second-order valence-electron chi connectivity index (χ2n) is 4.99. The lowest BCUT2D eigenvalue weighted by atomic mass is 10.0. The summed E-state index contributed by atoms with van der Waals surface area (Å²) >= 11 is 1.59. The molecule has 0 spiro atoms. The summed E-state index contributed by atoms with van der Waals surface area (Å²) < 4.78 is 0. The highest BCUT2D eigenvalue weighted by Gasteiger charge is 2.14. The fourth-order valence-electron chi connectivity index (χ4n) is 2.23. The Morgan fingerprint density at radius 1 is 1.14 bits per heavy atom. The maximum Gasteiger partial charge on any atom is 0.252 e. The molecule has 0 fully saturated rings. The number of rotatable bonds is 5. The molecule has 1 atom stereocenters. The van der Waals surface area contributed by atoms with Gasteiger partial charge in [-0.2, -0.15) is 0 Å². The van der Waals surface area contributed by atoms with Crippen molar-refractivity contribution >= 4 is 17.7 Å². The molecule has 2 aromatic rings. The summed E-state index contributed by atoms with van der Waals surface area (Å²) in [6.07, 6.45) is 3.02. The van der Waals surface area contributed by atoms with Crippen molar-refractivity contribution in [3.63, 3.8) is 0 Å². The van der Waals surface area contributed by atoms with Crippen LogP contribution >= 0.6 is 11.8 Å². The van der Waals surface area contributed by atoms with Crippen LogP contribution in [0.5, 0.6) is 0 Å². The molecule has 3 heteroatoms. The van der Waals surface area contributed by atoms with Gasteiger partial charge in [0.25, 0.3) is 5.91 Å². The summed E-state index contributed by atoms with van der Waals surface area (Å²) in [4.78, 5) is 13.4. The van der Waals surface area contributed by atoms with Gasteiger partial charge in [-0.1, -0.05) is 43.3 Å². The molecule has 2 rings (SSSR count). The molecule has 0 radical (unpaired) electrons. The van der Waals surface area contributed by atoms with Crippen molar-refractivity contribution in [1.82, 2.24) is 5.32 Å². The lowest BCUT2D eigenvalue weighted by molar-refractivity contribution is 0.0937. The molecule has 0 aliphatic rings. The molecular weight excluding hydrogens is 278 g/mol. The minimum absolute atomic E-state index is 0.00156. The standard InChI is InChI=1S/C18H21NOS/c1-4-14-9-11-15(12-10-14)13(2)19-18(20)16-7-5-6-8-17(16)21-3/h5-13H,4H2,1-3H3,(H,19,20)/t13-/m0/s1. The van der Waals surface area contributed by atoms with Gasteiger partial charge in [-0.15, -0.1) is 11.8 Å². The summed E-state index contributed by atoms with van der Waals surface area (Å²) in [5.41, 5.74) is 3.18. The molecule has 0 aliphatic heterocycles. The molecule has 21 heavy (non-hydrogen) atoms. The van der Waals surface area contributed by atoms with Crippen molar-refractivity contribution in [2.45, 2.75) is 31.2 Å². The topological polar surface area (TPSA) is 29.1 Å². The number of thioether (sulfide) groups is 1. The van der Waals surface area contributed by atoms with Crippen LogP contribution in [0, 0.1) is 0 Å². The first-order valence-electron chi connectivity index (χ1n) is 7.18. The molecule has 0 aromatic heterocycles. The molecule has 1 amide bonds. The van der Waals surface area contributed by atoms with Gasteiger partial charge in [0.1, 0.15) is 0 Å². The van der Waals surface area contributed by atoms with Gasteiger partial charge in [0.2, 0.25) is 0 Å². The first-order chi connectivity index (χ1) is 10.2. The summed E-state index contributed by atoms with van der Waals surface area (Å²) in [7, 11) is 0. The van der Waals surface area contributed by atoms with E-state index in [0.717, 1.165) is 22.4 Å². The monoisotopic (exact) mass is 299 g/mol. The fraction of sp³-hybridized carbons (Fsp3) is 0.278. The number of nitrogens with one attached hydrogen (secondary N) is 1. The Hall–Kier alpha value is -1.74. The van der Waals surface area contributed by atoms with E-state index in [9.17, 15) is 4.79 Å². The average Bonchev–Trinajstić information content (AvgIpc) is 2.54. The van der Waals surface area contributed by atoms with Crippen LogP contribution in [0.15, 0.2) is 53.4 Å². The summed E-state index contributed by atoms with van der Waals surface area (Å²) in [6.45, 7) is 4.15. The predicted octanol–water partition coefficient (Wildman–Crippen LogP) is 4.46. The van der Waals surface area contributed by atoms with Crippen LogP contribution < -0.4 is 5.32 Å². The van der Waals surface area contributed by atoms with E-state index in [1.54, 1.807) is 11.8 Å². The van der Waals surface area contributed by atoms with Gasteiger partial charge >= 0.3 is 0 Å². The summed E-state index contributed by atoms with van der Waals surface area (Å²) in [5, 5.41) is 3.07. The van der Waals surface area contributed by atoms with Crippen molar-refractivity contribution in [2.24, 2.45) is 0 Å². The van der Waals surface area contributed by atoms with Gasteiger partial charge in [-0.05, 0) is 42.9 Å². The van der Waals surface area contributed by atoms with Crippen LogP contribution in [0.2, 0.25) is 0 Å². The third-order valence-electron chi connectivity index (χ3n) is 3.59. The van der Waals surface area contributed by atoms with E-state index in [-0.39, 0.29) is 11.9 Å². The van der Waals surface area contributed by atoms with Crippen LogP contribution in [0.4, 0.5) is 0 Å². The first-order valence-corrected chi connectivity index (χ1v) is 8.41. The number of hydrogen-bond acceptors (Lipinski definition) is 2. The average molecular weight is 299 g/mol. The normalized spacial score (nSPS) is 12.0. The lowest BCUT2D eigenvalue weighted by Crippen LogP contribution is -2.27. The molecule has 0 bridgehead atoms. The molecule has 2 aromatic carbocycles. The number of carbonyl (C=O) groups excluding carboxylic acids is 1. The zero-order chi connectivity index (χ0) is 15.2. The third kappa shape index (κ3) is 3.88. The first kappa shape index (κ1) is 15.6. The second kappa shape index (κ2) is 7.32. The zero-order valence-electron chi connectivity index (χ0n) is 12.7. The molecule has 0 aliphatic carbocycles. The van der Waals surface area contributed by atoms with Gasteiger partial charge in [0, 0.05) is 4.90 Å². The molecule has 0 unspecified atom stereocenters. The van der Waals surface area contributed by atoms with Crippen LogP contribution in [0.3, 0.4) is 0 Å². The largest absolute Gasteiger partial charge is 0.345 e. The molecule has 0 saturated carbocycles. The quantitative estimate of drug-likeness (QED) is 0.826. The number of hydrogen-bond donors (Lipinski definition) is 1. The van der Waals surface area contributed by atoms with Crippen molar-refractivity contribution < 1.29 is 4.79 Å². The van der Waals surface area contributed by atoms with Crippen LogP contribution in [-0.2, 0) is 6.42 Å². The maximum atomic E-state index is 12.4.